The Hall–Kier alpha value is -2.46. The fourth-order valence-corrected chi connectivity index (χ4v) is 3.98. The number of ether oxygens (including phenoxy) is 1. The first-order valence-electron chi connectivity index (χ1n) is 9.87. The summed E-state index contributed by atoms with van der Waals surface area (Å²) in [5, 5.41) is 2.69. The van der Waals surface area contributed by atoms with Gasteiger partial charge in [-0.3, -0.25) is 15.0 Å². The van der Waals surface area contributed by atoms with Crippen LogP contribution in [-0.4, -0.2) is 48.0 Å². The molecule has 0 unspecified atom stereocenters. The van der Waals surface area contributed by atoms with Gasteiger partial charge in [-0.15, -0.1) is 0 Å². The Balaban J connectivity index is 1.18. The zero-order valence-corrected chi connectivity index (χ0v) is 18.5. The molecule has 1 aliphatic heterocycles. The van der Waals surface area contributed by atoms with E-state index < -0.39 is 6.09 Å². The molecule has 1 aromatic heterocycles. The van der Waals surface area contributed by atoms with Crippen molar-refractivity contribution in [1.82, 2.24) is 9.88 Å². The Morgan fingerprint density at radius 3 is 2.70 bits per heavy atom. The number of anilines is 1. The van der Waals surface area contributed by atoms with Crippen molar-refractivity contribution in [2.24, 2.45) is 5.92 Å². The number of carbonyl (C=O) groups is 2. The Morgan fingerprint density at radius 2 is 1.93 bits per heavy atom. The molecule has 2 aromatic carbocycles. The highest BCUT2D eigenvalue weighted by Gasteiger charge is 2.25. The molecule has 0 radical (unpaired) electrons. The number of oxazole rings is 1. The minimum absolute atomic E-state index is 0.0662. The topological polar surface area (TPSA) is 84.7 Å². The van der Waals surface area contributed by atoms with E-state index in [0.29, 0.717) is 24.4 Å². The molecule has 0 atom stereocenters. The normalized spacial score (nSPS) is 15.2. The maximum absolute atomic E-state index is 12.6. The summed E-state index contributed by atoms with van der Waals surface area (Å²) >= 11 is 2.24. The monoisotopic (exact) mass is 519 g/mol. The number of likely N-dealkylation sites (tertiary alicyclic amines) is 1. The Morgan fingerprint density at radius 1 is 1.17 bits per heavy atom. The summed E-state index contributed by atoms with van der Waals surface area (Å²) in [6, 6.07) is 13.0. The zero-order valence-electron chi connectivity index (χ0n) is 16.3. The van der Waals surface area contributed by atoms with Gasteiger partial charge in [-0.1, -0.05) is 12.1 Å². The summed E-state index contributed by atoms with van der Waals surface area (Å²) in [7, 11) is 0. The SMILES string of the molecule is O=C(Nc1ccc2ncoc2c1)OCCN1CCC(C(=O)c2ccc(I)cc2)CC1. The average molecular weight is 519 g/mol. The summed E-state index contributed by atoms with van der Waals surface area (Å²) in [4.78, 5) is 30.9. The molecule has 30 heavy (non-hydrogen) atoms. The Labute approximate surface area is 187 Å². The third kappa shape index (κ3) is 5.17. The third-order valence-corrected chi connectivity index (χ3v) is 6.02. The molecule has 156 valence electrons. The predicted octanol–water partition coefficient (Wildman–Crippen LogP) is 4.58. The second-order valence-corrected chi connectivity index (χ2v) is 8.53. The van der Waals surface area contributed by atoms with Crippen LogP contribution in [0.5, 0.6) is 0 Å². The summed E-state index contributed by atoms with van der Waals surface area (Å²) < 4.78 is 11.6. The highest BCUT2D eigenvalue weighted by Crippen LogP contribution is 2.22. The van der Waals surface area contributed by atoms with Crippen LogP contribution in [0.3, 0.4) is 0 Å². The zero-order chi connectivity index (χ0) is 20.9. The number of rotatable bonds is 6. The van der Waals surface area contributed by atoms with Gasteiger partial charge in [0.25, 0.3) is 0 Å². The first-order valence-corrected chi connectivity index (χ1v) is 11.0. The second-order valence-electron chi connectivity index (χ2n) is 7.28. The Bertz CT molecular complexity index is 1030. The molecule has 3 aromatic rings. The number of benzene rings is 2. The van der Waals surface area contributed by atoms with Crippen LogP contribution in [0.15, 0.2) is 53.3 Å². The summed E-state index contributed by atoms with van der Waals surface area (Å²) in [6.45, 7) is 2.60. The molecule has 8 heteroatoms. The van der Waals surface area contributed by atoms with Crippen LogP contribution in [0.1, 0.15) is 23.2 Å². The van der Waals surface area contributed by atoms with Crippen molar-refractivity contribution in [3.8, 4) is 0 Å². The largest absolute Gasteiger partial charge is 0.448 e. The summed E-state index contributed by atoms with van der Waals surface area (Å²) in [5.41, 5.74) is 2.73. The van der Waals surface area contributed by atoms with Crippen molar-refractivity contribution in [1.29, 1.82) is 0 Å². The molecule has 4 rings (SSSR count). The maximum Gasteiger partial charge on any atom is 0.411 e. The number of halogens is 1. The smallest absolute Gasteiger partial charge is 0.411 e. The van der Waals surface area contributed by atoms with E-state index in [1.165, 1.54) is 6.39 Å². The first-order chi connectivity index (χ1) is 14.6. The van der Waals surface area contributed by atoms with E-state index in [4.69, 9.17) is 9.15 Å². The molecule has 1 aliphatic rings. The van der Waals surface area contributed by atoms with E-state index in [1.54, 1.807) is 18.2 Å². The molecule has 1 N–H and O–H groups in total. The van der Waals surface area contributed by atoms with Crippen LogP contribution in [0, 0.1) is 9.49 Å². The summed E-state index contributed by atoms with van der Waals surface area (Å²) in [6.07, 6.45) is 2.52. The molecule has 0 bridgehead atoms. The number of ketones is 1. The van der Waals surface area contributed by atoms with Crippen molar-refractivity contribution in [2.45, 2.75) is 12.8 Å². The maximum atomic E-state index is 12.6. The van der Waals surface area contributed by atoms with E-state index in [9.17, 15) is 9.59 Å². The molecule has 0 aliphatic carbocycles. The quantitative estimate of drug-likeness (QED) is 0.380. The van der Waals surface area contributed by atoms with Gasteiger partial charge in [-0.25, -0.2) is 9.78 Å². The molecular formula is C22H22IN3O4. The van der Waals surface area contributed by atoms with Gasteiger partial charge in [-0.05, 0) is 72.8 Å². The van der Waals surface area contributed by atoms with Crippen molar-refractivity contribution in [2.75, 3.05) is 31.6 Å². The summed E-state index contributed by atoms with van der Waals surface area (Å²) in [5.74, 6) is 0.293. The van der Waals surface area contributed by atoms with Crippen molar-refractivity contribution in [3.05, 3.63) is 58.0 Å². The van der Waals surface area contributed by atoms with E-state index in [2.05, 4.69) is 37.8 Å². The molecule has 0 spiro atoms. The number of nitrogens with one attached hydrogen (secondary N) is 1. The number of hydrogen-bond donors (Lipinski definition) is 1. The van der Waals surface area contributed by atoms with Gasteiger partial charge in [0.15, 0.2) is 17.8 Å². The molecule has 1 amide bonds. The lowest BCUT2D eigenvalue weighted by Gasteiger charge is -2.31. The molecule has 1 fully saturated rings. The second kappa shape index (κ2) is 9.57. The van der Waals surface area contributed by atoms with Gasteiger partial charge in [0.2, 0.25) is 0 Å². The van der Waals surface area contributed by atoms with Gasteiger partial charge in [0.05, 0.1) is 0 Å². The van der Waals surface area contributed by atoms with Crippen LogP contribution in [0.25, 0.3) is 11.1 Å². The minimum atomic E-state index is -0.502. The number of fused-ring (bicyclic) bond motifs is 1. The van der Waals surface area contributed by atoms with Crippen molar-refractivity contribution < 1.29 is 18.7 Å². The first kappa shape index (κ1) is 20.8. The van der Waals surface area contributed by atoms with Crippen LogP contribution >= 0.6 is 22.6 Å². The number of carbonyl (C=O) groups excluding carboxylic acids is 2. The number of Topliss-reactive ketones (excluding diaryl/α,β-unsaturated/α-hetero) is 1. The number of piperidine rings is 1. The standard InChI is InChI=1S/C22H22IN3O4/c23-17-3-1-15(2-4-17)21(27)16-7-9-26(10-8-16)11-12-29-22(28)25-18-5-6-19-20(13-18)30-14-24-19/h1-6,13-14,16H,7-12H2,(H,25,28). The lowest BCUT2D eigenvalue weighted by atomic mass is 9.89. The molecular weight excluding hydrogens is 497 g/mol. The van der Waals surface area contributed by atoms with E-state index >= 15 is 0 Å². The van der Waals surface area contributed by atoms with Gasteiger partial charge in [0, 0.05) is 33.4 Å². The van der Waals surface area contributed by atoms with Crippen LogP contribution < -0.4 is 5.32 Å². The fraction of sp³-hybridized carbons (Fsp3) is 0.318. The van der Waals surface area contributed by atoms with Gasteiger partial charge in [-0.2, -0.15) is 0 Å². The predicted molar refractivity (Wildman–Crippen MR) is 122 cm³/mol. The third-order valence-electron chi connectivity index (χ3n) is 5.31. The molecule has 7 nitrogen and oxygen atoms in total. The molecule has 0 saturated carbocycles. The number of hydrogen-bond acceptors (Lipinski definition) is 6. The number of aromatic nitrogens is 1. The minimum Gasteiger partial charge on any atom is -0.448 e. The fourth-order valence-electron chi connectivity index (χ4n) is 3.62. The average Bonchev–Trinajstić information content (AvgIpc) is 3.22. The number of amides is 1. The molecule has 2 heterocycles. The van der Waals surface area contributed by atoms with E-state index in [0.717, 1.165) is 40.6 Å². The van der Waals surface area contributed by atoms with Crippen molar-refractivity contribution >= 4 is 51.3 Å². The van der Waals surface area contributed by atoms with Crippen LogP contribution in [-0.2, 0) is 4.74 Å². The van der Waals surface area contributed by atoms with E-state index in [1.807, 2.05) is 24.3 Å². The lowest BCUT2D eigenvalue weighted by molar-refractivity contribution is 0.0813. The molecule has 1 saturated heterocycles. The Kier molecular flexibility index (Phi) is 6.63. The highest BCUT2D eigenvalue weighted by molar-refractivity contribution is 14.1. The van der Waals surface area contributed by atoms with Crippen molar-refractivity contribution in [3.63, 3.8) is 0 Å². The van der Waals surface area contributed by atoms with E-state index in [-0.39, 0.29) is 11.7 Å². The number of nitrogens with zero attached hydrogens (tertiary/aromatic N) is 2. The van der Waals surface area contributed by atoms with Crippen LogP contribution in [0.4, 0.5) is 10.5 Å². The lowest BCUT2D eigenvalue weighted by Crippen LogP contribution is -2.38. The van der Waals surface area contributed by atoms with Gasteiger partial charge >= 0.3 is 6.09 Å². The van der Waals surface area contributed by atoms with Gasteiger partial charge in [0.1, 0.15) is 12.1 Å². The van der Waals surface area contributed by atoms with Crippen LogP contribution in [0.2, 0.25) is 0 Å². The highest BCUT2D eigenvalue weighted by atomic mass is 127. The van der Waals surface area contributed by atoms with Gasteiger partial charge < -0.3 is 9.15 Å².